The highest BCUT2D eigenvalue weighted by molar-refractivity contribution is 6.14. The molecular weight excluding hydrogens is 260 g/mol. The number of Topliss-reactive ketones (excluding diaryl/α,β-unsaturated/α-hetero) is 1. The lowest BCUT2D eigenvalue weighted by Gasteiger charge is -2.18. The molecule has 0 bridgehead atoms. The average Bonchev–Trinajstić information content (AvgIpc) is 2.76. The zero-order valence-electron chi connectivity index (χ0n) is 12.5. The molecule has 0 radical (unpaired) electrons. The summed E-state index contributed by atoms with van der Waals surface area (Å²) in [4.78, 5) is 12.2. The van der Waals surface area contributed by atoms with Gasteiger partial charge in [0.05, 0.1) is 5.56 Å². The second-order valence-electron chi connectivity index (χ2n) is 6.31. The number of carbonyl (C=O) groups is 1. The van der Waals surface area contributed by atoms with Crippen molar-refractivity contribution in [1.82, 2.24) is 0 Å². The van der Waals surface area contributed by atoms with Gasteiger partial charge in [-0.15, -0.1) is 0 Å². The molecule has 0 N–H and O–H groups in total. The van der Waals surface area contributed by atoms with Gasteiger partial charge in [0.2, 0.25) is 5.78 Å². The number of benzene rings is 2. The molecule has 2 aromatic rings. The van der Waals surface area contributed by atoms with E-state index < -0.39 is 0 Å². The van der Waals surface area contributed by atoms with E-state index >= 15 is 0 Å². The SMILES string of the molecule is CC(C)(C)c1ccc(/C=C2\Oc3ccccc3C2=O)cc1. The molecule has 3 rings (SSSR count). The summed E-state index contributed by atoms with van der Waals surface area (Å²) in [6.45, 7) is 6.54. The van der Waals surface area contributed by atoms with Gasteiger partial charge < -0.3 is 4.74 Å². The number of ketones is 1. The number of rotatable bonds is 1. The fourth-order valence-corrected chi connectivity index (χ4v) is 2.37. The molecule has 21 heavy (non-hydrogen) atoms. The molecule has 0 saturated heterocycles. The molecule has 0 amide bonds. The van der Waals surface area contributed by atoms with Gasteiger partial charge in [0.1, 0.15) is 5.75 Å². The Morgan fingerprint density at radius 1 is 0.952 bits per heavy atom. The molecule has 0 spiro atoms. The maximum Gasteiger partial charge on any atom is 0.231 e. The fourth-order valence-electron chi connectivity index (χ4n) is 2.37. The predicted octanol–water partition coefficient (Wildman–Crippen LogP) is 4.60. The van der Waals surface area contributed by atoms with E-state index in [0.717, 1.165) is 5.56 Å². The number of para-hydroxylation sites is 1. The van der Waals surface area contributed by atoms with Crippen LogP contribution < -0.4 is 4.74 Å². The molecule has 0 atom stereocenters. The van der Waals surface area contributed by atoms with Crippen molar-refractivity contribution < 1.29 is 9.53 Å². The van der Waals surface area contributed by atoms with Crippen molar-refractivity contribution in [1.29, 1.82) is 0 Å². The van der Waals surface area contributed by atoms with Gasteiger partial charge in [-0.1, -0.05) is 57.2 Å². The van der Waals surface area contributed by atoms with Crippen LogP contribution in [0.4, 0.5) is 0 Å². The lowest BCUT2D eigenvalue weighted by atomic mass is 9.86. The molecule has 0 aliphatic carbocycles. The highest BCUT2D eigenvalue weighted by Gasteiger charge is 2.26. The Morgan fingerprint density at radius 2 is 1.62 bits per heavy atom. The molecule has 1 heterocycles. The highest BCUT2D eigenvalue weighted by atomic mass is 16.5. The van der Waals surface area contributed by atoms with Gasteiger partial charge in [-0.25, -0.2) is 0 Å². The Hall–Kier alpha value is -2.35. The third-order valence-corrected chi connectivity index (χ3v) is 3.65. The third kappa shape index (κ3) is 2.62. The number of allylic oxidation sites excluding steroid dienone is 1. The van der Waals surface area contributed by atoms with E-state index in [4.69, 9.17) is 4.74 Å². The summed E-state index contributed by atoms with van der Waals surface area (Å²) in [5, 5.41) is 0. The second kappa shape index (κ2) is 4.88. The van der Waals surface area contributed by atoms with Gasteiger partial charge in [0, 0.05) is 0 Å². The molecule has 0 saturated carbocycles. The maximum absolute atomic E-state index is 12.2. The zero-order valence-corrected chi connectivity index (χ0v) is 12.5. The average molecular weight is 278 g/mol. The highest BCUT2D eigenvalue weighted by Crippen LogP contribution is 2.31. The summed E-state index contributed by atoms with van der Waals surface area (Å²) in [5.41, 5.74) is 3.00. The molecule has 2 nitrogen and oxygen atoms in total. The van der Waals surface area contributed by atoms with Crippen molar-refractivity contribution in [3.05, 3.63) is 71.0 Å². The van der Waals surface area contributed by atoms with Gasteiger partial charge in [0.25, 0.3) is 0 Å². The van der Waals surface area contributed by atoms with Crippen LogP contribution in [-0.2, 0) is 5.41 Å². The van der Waals surface area contributed by atoms with Crippen LogP contribution in [0.25, 0.3) is 6.08 Å². The van der Waals surface area contributed by atoms with Crippen LogP contribution in [0, 0.1) is 0 Å². The summed E-state index contributed by atoms with van der Waals surface area (Å²) in [7, 11) is 0. The summed E-state index contributed by atoms with van der Waals surface area (Å²) < 4.78 is 5.63. The van der Waals surface area contributed by atoms with E-state index in [1.807, 2.05) is 30.3 Å². The van der Waals surface area contributed by atoms with Crippen LogP contribution in [0.2, 0.25) is 0 Å². The zero-order chi connectivity index (χ0) is 15.0. The van der Waals surface area contributed by atoms with Crippen LogP contribution >= 0.6 is 0 Å². The minimum absolute atomic E-state index is 0.0505. The number of carbonyl (C=O) groups excluding carboxylic acids is 1. The van der Waals surface area contributed by atoms with E-state index in [1.54, 1.807) is 12.1 Å². The van der Waals surface area contributed by atoms with Gasteiger partial charge in [-0.2, -0.15) is 0 Å². The Balaban J connectivity index is 1.89. The molecule has 2 heteroatoms. The number of hydrogen-bond donors (Lipinski definition) is 0. The lowest BCUT2D eigenvalue weighted by molar-refractivity contribution is 0.101. The van der Waals surface area contributed by atoms with E-state index in [1.165, 1.54) is 5.56 Å². The molecule has 1 aliphatic heterocycles. The molecule has 0 fully saturated rings. The van der Waals surface area contributed by atoms with Crippen molar-refractivity contribution in [3.63, 3.8) is 0 Å². The Labute approximate surface area is 125 Å². The summed E-state index contributed by atoms with van der Waals surface area (Å²) in [5.74, 6) is 0.977. The predicted molar refractivity (Wildman–Crippen MR) is 84.5 cm³/mol. The first-order valence-electron chi connectivity index (χ1n) is 7.09. The number of ether oxygens (including phenoxy) is 1. The second-order valence-corrected chi connectivity index (χ2v) is 6.31. The van der Waals surface area contributed by atoms with E-state index in [-0.39, 0.29) is 11.2 Å². The van der Waals surface area contributed by atoms with E-state index in [0.29, 0.717) is 17.1 Å². The minimum Gasteiger partial charge on any atom is -0.452 e. The molecule has 2 aromatic carbocycles. The first kappa shape index (κ1) is 13.6. The van der Waals surface area contributed by atoms with Gasteiger partial charge >= 0.3 is 0 Å². The minimum atomic E-state index is -0.0505. The van der Waals surface area contributed by atoms with Crippen LogP contribution in [-0.4, -0.2) is 5.78 Å². The van der Waals surface area contributed by atoms with Crippen LogP contribution in [0.5, 0.6) is 5.75 Å². The molecule has 1 aliphatic rings. The lowest BCUT2D eigenvalue weighted by Crippen LogP contribution is -2.10. The first-order chi connectivity index (χ1) is 9.95. The number of hydrogen-bond acceptors (Lipinski definition) is 2. The van der Waals surface area contributed by atoms with Crippen molar-refractivity contribution in [2.45, 2.75) is 26.2 Å². The van der Waals surface area contributed by atoms with E-state index in [2.05, 4.69) is 32.9 Å². The first-order valence-corrected chi connectivity index (χ1v) is 7.09. The molecule has 106 valence electrons. The number of fused-ring (bicyclic) bond motifs is 1. The topological polar surface area (TPSA) is 26.3 Å². The molecule has 0 unspecified atom stereocenters. The summed E-state index contributed by atoms with van der Waals surface area (Å²) in [6, 6.07) is 15.6. The van der Waals surface area contributed by atoms with Crippen LogP contribution in [0.1, 0.15) is 42.3 Å². The quantitative estimate of drug-likeness (QED) is 0.713. The van der Waals surface area contributed by atoms with Gasteiger partial charge in [-0.05, 0) is 34.8 Å². The summed E-state index contributed by atoms with van der Waals surface area (Å²) in [6.07, 6.45) is 1.80. The van der Waals surface area contributed by atoms with Crippen molar-refractivity contribution in [2.75, 3.05) is 0 Å². The largest absolute Gasteiger partial charge is 0.452 e. The Morgan fingerprint density at radius 3 is 2.24 bits per heavy atom. The monoisotopic (exact) mass is 278 g/mol. The van der Waals surface area contributed by atoms with Gasteiger partial charge in [0.15, 0.2) is 5.76 Å². The van der Waals surface area contributed by atoms with E-state index in [9.17, 15) is 4.79 Å². The van der Waals surface area contributed by atoms with Crippen molar-refractivity contribution in [3.8, 4) is 5.75 Å². The normalized spacial score (nSPS) is 16.0. The van der Waals surface area contributed by atoms with Crippen molar-refractivity contribution in [2.24, 2.45) is 0 Å². The fraction of sp³-hybridized carbons (Fsp3) is 0.211. The van der Waals surface area contributed by atoms with Crippen LogP contribution in [0.15, 0.2) is 54.3 Å². The molecular formula is C19H18O2. The van der Waals surface area contributed by atoms with Gasteiger partial charge in [-0.3, -0.25) is 4.79 Å². The van der Waals surface area contributed by atoms with Crippen molar-refractivity contribution >= 4 is 11.9 Å². The smallest absolute Gasteiger partial charge is 0.231 e. The van der Waals surface area contributed by atoms with Crippen LogP contribution in [0.3, 0.4) is 0 Å². The summed E-state index contributed by atoms with van der Waals surface area (Å²) >= 11 is 0. The Kier molecular flexibility index (Phi) is 3.17. The Bertz CT molecular complexity index is 716. The maximum atomic E-state index is 12.2. The molecule has 0 aromatic heterocycles. The third-order valence-electron chi connectivity index (χ3n) is 3.65. The standard InChI is InChI=1S/C19H18O2/c1-19(2,3)14-10-8-13(9-11-14)12-17-18(20)15-6-4-5-7-16(15)21-17/h4-12H,1-3H3/b17-12-.